The summed E-state index contributed by atoms with van der Waals surface area (Å²) in [4.78, 5) is 40.6. The number of likely N-dealkylation sites (tertiary alicyclic amines) is 2. The molecule has 0 saturated carbocycles. The molecule has 4 aliphatic heterocycles. The molecule has 4 heterocycles. The molecule has 1 atom stereocenters. The third kappa shape index (κ3) is 4.84. The van der Waals surface area contributed by atoms with Crippen LogP contribution in [0.3, 0.4) is 0 Å². The Morgan fingerprint density at radius 3 is 2.34 bits per heavy atom. The minimum atomic E-state index is -0.701. The molecule has 35 heavy (non-hydrogen) atoms. The molecule has 1 spiro atoms. The maximum Gasteiger partial charge on any atom is 0.249 e. The van der Waals surface area contributed by atoms with Crippen LogP contribution in [0.1, 0.15) is 25.7 Å². The van der Waals surface area contributed by atoms with Gasteiger partial charge in [0.25, 0.3) is 0 Å². The number of nitrogens with zero attached hydrogens (tertiary/aromatic N) is 3. The van der Waals surface area contributed by atoms with Gasteiger partial charge in [0, 0.05) is 63.3 Å². The van der Waals surface area contributed by atoms with Crippen molar-refractivity contribution in [1.82, 2.24) is 15.1 Å². The number of hydrogen-bond donors (Lipinski definition) is 3. The van der Waals surface area contributed by atoms with Gasteiger partial charge in [0.1, 0.15) is 18.3 Å². The quantitative estimate of drug-likeness (QED) is 0.499. The predicted molar refractivity (Wildman–Crippen MR) is 124 cm³/mol. The van der Waals surface area contributed by atoms with E-state index in [-0.39, 0.29) is 41.4 Å². The van der Waals surface area contributed by atoms with Crippen molar-refractivity contribution < 1.29 is 28.3 Å². The maximum absolute atomic E-state index is 14.8. The van der Waals surface area contributed by atoms with Gasteiger partial charge in [0.2, 0.25) is 17.7 Å². The van der Waals surface area contributed by atoms with Crippen LogP contribution in [-0.4, -0.2) is 91.1 Å². The number of imide groups is 1. The smallest absolute Gasteiger partial charge is 0.249 e. The van der Waals surface area contributed by atoms with E-state index in [1.54, 1.807) is 9.80 Å². The van der Waals surface area contributed by atoms with E-state index >= 15 is 0 Å². The van der Waals surface area contributed by atoms with Crippen LogP contribution in [0.4, 0.5) is 20.2 Å². The van der Waals surface area contributed by atoms with Gasteiger partial charge in [0.15, 0.2) is 11.6 Å². The summed E-state index contributed by atoms with van der Waals surface area (Å²) in [5.41, 5.74) is 0.203. The second-order valence-electron chi connectivity index (χ2n) is 10.4. The first-order valence-electron chi connectivity index (χ1n) is 12.2. The Balaban J connectivity index is 1.10. The Kier molecular flexibility index (Phi) is 6.39. The van der Waals surface area contributed by atoms with Crippen molar-refractivity contribution in [1.29, 1.82) is 0 Å². The van der Waals surface area contributed by atoms with Crippen molar-refractivity contribution in [3.8, 4) is 0 Å². The van der Waals surface area contributed by atoms with Crippen LogP contribution < -0.4 is 15.5 Å². The van der Waals surface area contributed by atoms with Crippen molar-refractivity contribution in [2.45, 2.75) is 31.7 Å². The molecule has 11 heteroatoms. The highest BCUT2D eigenvalue weighted by Gasteiger charge is 2.52. The molecule has 0 bridgehead atoms. The number of halogens is 2. The fourth-order valence-corrected chi connectivity index (χ4v) is 5.97. The van der Waals surface area contributed by atoms with Crippen LogP contribution in [-0.2, 0) is 14.4 Å². The summed E-state index contributed by atoms with van der Waals surface area (Å²) in [6.45, 7) is 4.90. The van der Waals surface area contributed by atoms with Crippen molar-refractivity contribution in [3.05, 3.63) is 23.8 Å². The molecular weight excluding hydrogens is 460 g/mol. The second kappa shape index (κ2) is 9.34. The van der Waals surface area contributed by atoms with Crippen LogP contribution in [0, 0.1) is 23.0 Å². The number of carbonyl (C=O) groups excluding carboxylic acids is 3. The first-order chi connectivity index (χ1) is 16.7. The van der Waals surface area contributed by atoms with Gasteiger partial charge in [-0.3, -0.25) is 19.7 Å². The van der Waals surface area contributed by atoms with E-state index in [9.17, 15) is 23.2 Å². The first-order valence-corrected chi connectivity index (χ1v) is 12.2. The summed E-state index contributed by atoms with van der Waals surface area (Å²) >= 11 is 0. The summed E-state index contributed by atoms with van der Waals surface area (Å²) in [7, 11) is 0. The Bertz CT molecular complexity index is 992. The van der Waals surface area contributed by atoms with Crippen LogP contribution in [0.2, 0.25) is 0 Å². The molecule has 0 radical (unpaired) electrons. The lowest BCUT2D eigenvalue weighted by atomic mass is 9.72. The Labute approximate surface area is 202 Å². The Morgan fingerprint density at radius 2 is 1.74 bits per heavy atom. The lowest BCUT2D eigenvalue weighted by Gasteiger charge is -2.61. The Hall–Kier alpha value is -2.79. The minimum absolute atomic E-state index is 0.0381. The molecule has 3 N–H and O–H groups in total. The van der Waals surface area contributed by atoms with Gasteiger partial charge in [-0.05, 0) is 37.3 Å². The second-order valence-corrected chi connectivity index (χ2v) is 10.4. The van der Waals surface area contributed by atoms with Crippen LogP contribution in [0.25, 0.3) is 0 Å². The van der Waals surface area contributed by atoms with Crippen LogP contribution >= 0.6 is 0 Å². The van der Waals surface area contributed by atoms with Gasteiger partial charge in [-0.1, -0.05) is 0 Å². The molecule has 4 fully saturated rings. The van der Waals surface area contributed by atoms with Crippen molar-refractivity contribution in [2.24, 2.45) is 11.3 Å². The summed E-state index contributed by atoms with van der Waals surface area (Å²) in [5, 5.41) is 14.0. The van der Waals surface area contributed by atoms with Crippen LogP contribution in [0.15, 0.2) is 12.1 Å². The molecule has 0 aromatic heterocycles. The molecule has 9 nitrogen and oxygen atoms in total. The topological polar surface area (TPSA) is 105 Å². The third-order valence-electron chi connectivity index (χ3n) is 7.70. The highest BCUT2D eigenvalue weighted by atomic mass is 19.1. The number of nitrogens with one attached hydrogen (secondary N) is 2. The number of benzene rings is 1. The number of aliphatic hydroxyl groups excluding tert-OH is 1. The predicted octanol–water partition coefficient (Wildman–Crippen LogP) is 0.535. The van der Waals surface area contributed by atoms with Gasteiger partial charge in [0.05, 0.1) is 0 Å². The summed E-state index contributed by atoms with van der Waals surface area (Å²) in [6.07, 6.45) is 2.32. The van der Waals surface area contributed by atoms with Crippen molar-refractivity contribution >= 4 is 29.1 Å². The number of aliphatic hydroxyl groups is 1. The van der Waals surface area contributed by atoms with E-state index < -0.39 is 30.2 Å². The highest BCUT2D eigenvalue weighted by Crippen LogP contribution is 2.44. The average Bonchev–Trinajstić information content (AvgIpc) is 2.77. The van der Waals surface area contributed by atoms with Gasteiger partial charge in [-0.25, -0.2) is 8.78 Å². The SMILES string of the molecule is O=C1CCC(Nc2cc(F)c(N3CC4(CN(CC5CCN(C(=O)CO)CC5)C4)C3)c(F)c2)C(=O)N1. The monoisotopic (exact) mass is 491 g/mol. The van der Waals surface area contributed by atoms with Gasteiger partial charge in [-0.15, -0.1) is 0 Å². The summed E-state index contributed by atoms with van der Waals surface area (Å²) in [6, 6.07) is 1.70. The van der Waals surface area contributed by atoms with Crippen molar-refractivity contribution in [2.75, 3.05) is 62.6 Å². The highest BCUT2D eigenvalue weighted by molar-refractivity contribution is 6.01. The zero-order valence-corrected chi connectivity index (χ0v) is 19.6. The largest absolute Gasteiger partial charge is 0.387 e. The molecule has 4 saturated heterocycles. The standard InChI is InChI=1S/C24H31F2N5O4/c25-17-7-16(27-19-1-2-20(33)28-23(19)35)8-18(26)22(17)31-13-24(14-31)11-29(12-24)9-15-3-5-30(6-4-15)21(34)10-32/h7-8,15,19,27,32H,1-6,9-14H2,(H,28,33,35). The summed E-state index contributed by atoms with van der Waals surface area (Å²) < 4.78 is 29.7. The molecule has 0 aliphatic carbocycles. The summed E-state index contributed by atoms with van der Waals surface area (Å²) in [5.74, 6) is -1.87. The Morgan fingerprint density at radius 1 is 1.09 bits per heavy atom. The molecule has 4 aliphatic rings. The van der Waals surface area contributed by atoms with E-state index in [0.717, 1.165) is 32.5 Å². The lowest BCUT2D eigenvalue weighted by molar-refractivity contribution is -0.136. The molecule has 1 unspecified atom stereocenters. The fraction of sp³-hybridized carbons (Fsp3) is 0.625. The first kappa shape index (κ1) is 23.9. The van der Waals surface area contributed by atoms with Gasteiger partial charge < -0.3 is 25.1 Å². The maximum atomic E-state index is 14.8. The van der Waals surface area contributed by atoms with E-state index in [0.29, 0.717) is 32.1 Å². The molecular formula is C24H31F2N5O4. The number of amides is 3. The van der Waals surface area contributed by atoms with E-state index in [2.05, 4.69) is 15.5 Å². The van der Waals surface area contributed by atoms with E-state index in [4.69, 9.17) is 5.11 Å². The number of piperidine rings is 2. The van der Waals surface area contributed by atoms with E-state index in [1.807, 2.05) is 0 Å². The molecule has 3 amide bonds. The zero-order valence-electron chi connectivity index (χ0n) is 19.6. The number of hydrogen-bond acceptors (Lipinski definition) is 7. The molecule has 5 rings (SSSR count). The lowest BCUT2D eigenvalue weighted by Crippen LogP contribution is -2.72. The normalized spacial score (nSPS) is 24.7. The molecule has 1 aromatic rings. The van der Waals surface area contributed by atoms with Gasteiger partial charge >= 0.3 is 0 Å². The van der Waals surface area contributed by atoms with E-state index in [1.165, 1.54) is 12.1 Å². The molecule has 190 valence electrons. The number of carbonyl (C=O) groups is 3. The zero-order chi connectivity index (χ0) is 24.7. The number of anilines is 2. The number of rotatable bonds is 6. The van der Waals surface area contributed by atoms with Crippen molar-refractivity contribution in [3.63, 3.8) is 0 Å². The molecule has 1 aromatic carbocycles. The van der Waals surface area contributed by atoms with Crippen LogP contribution in [0.5, 0.6) is 0 Å². The van der Waals surface area contributed by atoms with Gasteiger partial charge in [-0.2, -0.15) is 0 Å². The average molecular weight is 492 g/mol. The third-order valence-corrected chi connectivity index (χ3v) is 7.70. The minimum Gasteiger partial charge on any atom is -0.387 e. The fourth-order valence-electron chi connectivity index (χ4n) is 5.97.